The third kappa shape index (κ3) is 4.61. The number of benzene rings is 1. The molecule has 130 valence electrons. The summed E-state index contributed by atoms with van der Waals surface area (Å²) < 4.78 is 1.98. The highest BCUT2D eigenvalue weighted by molar-refractivity contribution is 7.99. The molecule has 5 nitrogen and oxygen atoms in total. The van der Waals surface area contributed by atoms with Gasteiger partial charge in [0, 0.05) is 19.6 Å². The van der Waals surface area contributed by atoms with E-state index < -0.39 is 0 Å². The van der Waals surface area contributed by atoms with Crippen LogP contribution in [-0.4, -0.2) is 44.3 Å². The van der Waals surface area contributed by atoms with E-state index in [1.54, 1.807) is 6.20 Å². The molecule has 2 aromatic rings. The van der Waals surface area contributed by atoms with Crippen LogP contribution in [0.15, 0.2) is 35.6 Å². The van der Waals surface area contributed by atoms with Gasteiger partial charge in [0.25, 0.3) is 0 Å². The van der Waals surface area contributed by atoms with Crippen molar-refractivity contribution in [1.29, 1.82) is 0 Å². The number of carbonyl (C=O) groups is 1. The Bertz CT molecular complexity index is 663. The lowest BCUT2D eigenvalue weighted by atomic mass is 10.1. The minimum atomic E-state index is -0.0661. The maximum Gasteiger partial charge on any atom is 0.233 e. The first-order valence-corrected chi connectivity index (χ1v) is 9.18. The van der Waals surface area contributed by atoms with Crippen LogP contribution in [0.25, 0.3) is 0 Å². The van der Waals surface area contributed by atoms with Gasteiger partial charge >= 0.3 is 0 Å². The zero-order valence-electron chi connectivity index (χ0n) is 14.5. The number of aliphatic hydroxyl groups is 1. The summed E-state index contributed by atoms with van der Waals surface area (Å²) in [5.74, 6) is 0.470. The van der Waals surface area contributed by atoms with Gasteiger partial charge in [0.05, 0.1) is 24.3 Å². The molecule has 0 aliphatic rings. The van der Waals surface area contributed by atoms with E-state index in [-0.39, 0.29) is 12.5 Å². The van der Waals surface area contributed by atoms with E-state index in [1.807, 2.05) is 23.3 Å². The van der Waals surface area contributed by atoms with Gasteiger partial charge in [-0.25, -0.2) is 4.98 Å². The second kappa shape index (κ2) is 8.89. The number of aryl methyl sites for hydroxylation is 1. The molecule has 0 saturated carbocycles. The first kappa shape index (κ1) is 18.5. The van der Waals surface area contributed by atoms with Gasteiger partial charge in [-0.15, -0.1) is 0 Å². The van der Waals surface area contributed by atoms with Gasteiger partial charge in [-0.1, -0.05) is 41.6 Å². The summed E-state index contributed by atoms with van der Waals surface area (Å²) in [7, 11) is 0. The standard InChI is InChI=1S/C18H25N3O2S/c1-4-20(5-2)17(23)13-24-18-19-10-16(12-22)21(18)11-15-8-6-14(3)7-9-15/h6-10,22H,4-5,11-13H2,1-3H3. The van der Waals surface area contributed by atoms with Crippen molar-refractivity contribution in [2.45, 2.75) is 39.1 Å². The lowest BCUT2D eigenvalue weighted by Crippen LogP contribution is -2.32. The molecule has 0 radical (unpaired) electrons. The molecule has 0 aliphatic heterocycles. The second-order valence-corrected chi connectivity index (χ2v) is 6.56. The van der Waals surface area contributed by atoms with E-state index in [2.05, 4.69) is 36.2 Å². The number of hydrogen-bond donors (Lipinski definition) is 1. The first-order valence-electron chi connectivity index (χ1n) is 8.20. The summed E-state index contributed by atoms with van der Waals surface area (Å²) in [6.07, 6.45) is 1.68. The maximum atomic E-state index is 12.2. The Morgan fingerprint density at radius 1 is 1.25 bits per heavy atom. The summed E-state index contributed by atoms with van der Waals surface area (Å²) in [6.45, 7) is 8.02. The highest BCUT2D eigenvalue weighted by Gasteiger charge is 2.15. The molecule has 6 heteroatoms. The molecule has 0 aliphatic carbocycles. The van der Waals surface area contributed by atoms with Gasteiger partial charge in [-0.05, 0) is 26.3 Å². The van der Waals surface area contributed by atoms with Crippen LogP contribution in [-0.2, 0) is 17.9 Å². The molecule has 1 N–H and O–H groups in total. The van der Waals surface area contributed by atoms with E-state index in [9.17, 15) is 9.90 Å². The maximum absolute atomic E-state index is 12.2. The van der Waals surface area contributed by atoms with Crippen molar-refractivity contribution in [3.05, 3.63) is 47.3 Å². The highest BCUT2D eigenvalue weighted by Crippen LogP contribution is 2.21. The molecular weight excluding hydrogens is 322 g/mol. The Kier molecular flexibility index (Phi) is 6.87. The molecule has 0 unspecified atom stereocenters. The second-order valence-electron chi connectivity index (χ2n) is 5.62. The number of thioether (sulfide) groups is 1. The van der Waals surface area contributed by atoms with Crippen molar-refractivity contribution in [1.82, 2.24) is 14.5 Å². The van der Waals surface area contributed by atoms with Crippen molar-refractivity contribution < 1.29 is 9.90 Å². The fraction of sp³-hybridized carbons (Fsp3) is 0.444. The largest absolute Gasteiger partial charge is 0.390 e. The topological polar surface area (TPSA) is 58.4 Å². The van der Waals surface area contributed by atoms with Gasteiger partial charge in [0.15, 0.2) is 5.16 Å². The summed E-state index contributed by atoms with van der Waals surface area (Å²) in [5, 5.41) is 10.3. The molecule has 0 bridgehead atoms. The number of aromatic nitrogens is 2. The van der Waals surface area contributed by atoms with Crippen molar-refractivity contribution in [2.75, 3.05) is 18.8 Å². The van der Waals surface area contributed by atoms with Crippen LogP contribution in [0.5, 0.6) is 0 Å². The van der Waals surface area contributed by atoms with Crippen LogP contribution in [0.1, 0.15) is 30.7 Å². The Hall–Kier alpha value is -1.79. The van der Waals surface area contributed by atoms with Crippen LogP contribution < -0.4 is 0 Å². The first-order chi connectivity index (χ1) is 11.6. The molecule has 1 heterocycles. The summed E-state index contributed by atoms with van der Waals surface area (Å²) in [6, 6.07) is 8.29. The number of nitrogens with zero attached hydrogens (tertiary/aromatic N) is 3. The van der Waals surface area contributed by atoms with E-state index in [0.717, 1.165) is 29.5 Å². The molecule has 24 heavy (non-hydrogen) atoms. The molecule has 0 atom stereocenters. The molecule has 0 spiro atoms. The number of amides is 1. The van der Waals surface area contributed by atoms with Gasteiger partial charge in [0.2, 0.25) is 5.91 Å². The number of carbonyl (C=O) groups excluding carboxylic acids is 1. The zero-order chi connectivity index (χ0) is 17.5. The van der Waals surface area contributed by atoms with Gasteiger partial charge in [-0.3, -0.25) is 4.79 Å². The lowest BCUT2D eigenvalue weighted by molar-refractivity contribution is -0.127. The molecule has 2 rings (SSSR count). The Balaban J connectivity index is 2.12. The van der Waals surface area contributed by atoms with E-state index in [0.29, 0.717) is 12.3 Å². The summed E-state index contributed by atoms with van der Waals surface area (Å²) in [5.41, 5.74) is 3.12. The van der Waals surface area contributed by atoms with Gasteiger partial charge in [0.1, 0.15) is 0 Å². The minimum Gasteiger partial charge on any atom is -0.390 e. The van der Waals surface area contributed by atoms with Crippen molar-refractivity contribution in [3.63, 3.8) is 0 Å². The van der Waals surface area contributed by atoms with Crippen LogP contribution >= 0.6 is 11.8 Å². The monoisotopic (exact) mass is 347 g/mol. The van der Waals surface area contributed by atoms with Crippen LogP contribution in [0.4, 0.5) is 0 Å². The Morgan fingerprint density at radius 2 is 1.92 bits per heavy atom. The number of imidazole rings is 1. The number of aliphatic hydroxyl groups excluding tert-OH is 1. The molecule has 1 aromatic heterocycles. The average molecular weight is 347 g/mol. The fourth-order valence-electron chi connectivity index (χ4n) is 2.47. The Labute approximate surface area is 147 Å². The van der Waals surface area contributed by atoms with Gasteiger partial charge in [-0.2, -0.15) is 0 Å². The predicted octanol–water partition coefficient (Wildman–Crippen LogP) is 2.69. The number of hydrogen-bond acceptors (Lipinski definition) is 4. The fourth-order valence-corrected chi connectivity index (χ4v) is 3.37. The van der Waals surface area contributed by atoms with Gasteiger partial charge < -0.3 is 14.6 Å². The van der Waals surface area contributed by atoms with Crippen molar-refractivity contribution >= 4 is 17.7 Å². The van der Waals surface area contributed by atoms with Crippen LogP contribution in [0, 0.1) is 6.92 Å². The van der Waals surface area contributed by atoms with E-state index >= 15 is 0 Å². The minimum absolute atomic E-state index is 0.0661. The zero-order valence-corrected chi connectivity index (χ0v) is 15.3. The normalized spacial score (nSPS) is 10.8. The third-order valence-electron chi connectivity index (χ3n) is 3.97. The predicted molar refractivity (Wildman–Crippen MR) is 97.1 cm³/mol. The van der Waals surface area contributed by atoms with Crippen LogP contribution in [0.2, 0.25) is 0 Å². The van der Waals surface area contributed by atoms with E-state index in [1.165, 1.54) is 17.3 Å². The third-order valence-corrected chi connectivity index (χ3v) is 4.94. The van der Waals surface area contributed by atoms with Crippen molar-refractivity contribution in [3.8, 4) is 0 Å². The molecule has 0 fully saturated rings. The highest BCUT2D eigenvalue weighted by atomic mass is 32.2. The molecule has 1 aromatic carbocycles. The lowest BCUT2D eigenvalue weighted by Gasteiger charge is -2.18. The van der Waals surface area contributed by atoms with Crippen molar-refractivity contribution in [2.24, 2.45) is 0 Å². The summed E-state index contributed by atoms with van der Waals surface area (Å²) >= 11 is 1.42. The van der Waals surface area contributed by atoms with Crippen LogP contribution in [0.3, 0.4) is 0 Å². The smallest absolute Gasteiger partial charge is 0.233 e. The average Bonchev–Trinajstić information content (AvgIpc) is 2.98. The molecule has 0 saturated heterocycles. The SMILES string of the molecule is CCN(CC)C(=O)CSc1ncc(CO)n1Cc1ccc(C)cc1. The molecular formula is C18H25N3O2S. The number of rotatable bonds is 8. The summed E-state index contributed by atoms with van der Waals surface area (Å²) in [4.78, 5) is 18.4. The molecule has 1 amide bonds. The Morgan fingerprint density at radius 3 is 2.50 bits per heavy atom. The quantitative estimate of drug-likeness (QED) is 0.746. The van der Waals surface area contributed by atoms with E-state index in [4.69, 9.17) is 0 Å².